The second-order valence-corrected chi connectivity index (χ2v) is 6.62. The van der Waals surface area contributed by atoms with Crippen molar-refractivity contribution >= 4 is 23.3 Å². The van der Waals surface area contributed by atoms with Crippen LogP contribution in [0.15, 0.2) is 24.3 Å². The number of nitrogens with one attached hydrogen (secondary N) is 2. The number of carbonyl (C=O) groups is 2. The highest BCUT2D eigenvalue weighted by Crippen LogP contribution is 2.23. The number of nitrogens with two attached hydrogens (primary N) is 1. The van der Waals surface area contributed by atoms with Crippen molar-refractivity contribution in [3.63, 3.8) is 0 Å². The number of anilines is 2. The summed E-state index contributed by atoms with van der Waals surface area (Å²) in [7, 11) is 0. The summed E-state index contributed by atoms with van der Waals surface area (Å²) in [6, 6.07) is 6.53. The summed E-state index contributed by atoms with van der Waals surface area (Å²) < 4.78 is 0. The molecular weight excluding hydrogens is 280 g/mol. The molecule has 1 fully saturated rings. The quantitative estimate of drug-likeness (QED) is 0.797. The van der Waals surface area contributed by atoms with Crippen molar-refractivity contribution in [1.29, 1.82) is 0 Å². The Kier molecular flexibility index (Phi) is 4.71. The largest absolute Gasteiger partial charge is 0.338 e. The minimum atomic E-state index is -0.602. The lowest BCUT2D eigenvalue weighted by molar-refractivity contribution is -0.119. The third-order valence-electron chi connectivity index (χ3n) is 3.72. The summed E-state index contributed by atoms with van der Waals surface area (Å²) in [5.41, 5.74) is 7.05. The van der Waals surface area contributed by atoms with Crippen LogP contribution in [-0.2, 0) is 4.79 Å². The van der Waals surface area contributed by atoms with E-state index in [2.05, 4.69) is 10.6 Å². The Morgan fingerprint density at radius 1 is 1.41 bits per heavy atom. The van der Waals surface area contributed by atoms with E-state index in [0.29, 0.717) is 18.8 Å². The molecule has 2 rings (SSSR count). The van der Waals surface area contributed by atoms with Gasteiger partial charge < -0.3 is 16.4 Å². The lowest BCUT2D eigenvalue weighted by Crippen LogP contribution is -2.46. The second-order valence-electron chi connectivity index (χ2n) is 6.62. The van der Waals surface area contributed by atoms with Crippen LogP contribution in [0.25, 0.3) is 0 Å². The fraction of sp³-hybridized carbons (Fsp3) is 0.500. The molecule has 6 nitrogen and oxygen atoms in total. The zero-order valence-corrected chi connectivity index (χ0v) is 13.3. The van der Waals surface area contributed by atoms with Crippen LogP contribution in [0.2, 0.25) is 0 Å². The number of hydrogen-bond acceptors (Lipinski definition) is 3. The van der Waals surface area contributed by atoms with Gasteiger partial charge in [-0.05, 0) is 30.0 Å². The molecule has 1 aliphatic rings. The van der Waals surface area contributed by atoms with Gasteiger partial charge in [0.15, 0.2) is 0 Å². The lowest BCUT2D eigenvalue weighted by Gasteiger charge is -2.28. The van der Waals surface area contributed by atoms with Crippen LogP contribution in [0.5, 0.6) is 0 Å². The van der Waals surface area contributed by atoms with Gasteiger partial charge in [0.05, 0.1) is 6.04 Å². The molecule has 6 heteroatoms. The van der Waals surface area contributed by atoms with Crippen molar-refractivity contribution in [2.75, 3.05) is 23.3 Å². The number of hydrogen-bond donors (Lipinski definition) is 3. The van der Waals surface area contributed by atoms with Crippen LogP contribution in [0.1, 0.15) is 27.2 Å². The van der Waals surface area contributed by atoms with Crippen molar-refractivity contribution in [3.8, 4) is 0 Å². The van der Waals surface area contributed by atoms with Gasteiger partial charge in [-0.2, -0.15) is 0 Å². The van der Waals surface area contributed by atoms with Gasteiger partial charge in [0.2, 0.25) is 5.91 Å². The monoisotopic (exact) mass is 304 g/mol. The number of benzene rings is 1. The predicted molar refractivity (Wildman–Crippen MR) is 87.9 cm³/mol. The topological polar surface area (TPSA) is 87.5 Å². The zero-order valence-electron chi connectivity index (χ0n) is 13.3. The van der Waals surface area contributed by atoms with Crippen molar-refractivity contribution in [1.82, 2.24) is 5.32 Å². The van der Waals surface area contributed by atoms with Crippen LogP contribution in [0, 0.1) is 5.41 Å². The zero-order chi connectivity index (χ0) is 16.3. The Balaban J connectivity index is 2.12. The Morgan fingerprint density at radius 3 is 2.77 bits per heavy atom. The maximum Gasteiger partial charge on any atom is 0.321 e. The molecule has 1 saturated heterocycles. The molecule has 0 aliphatic carbocycles. The number of amides is 3. The van der Waals surface area contributed by atoms with Gasteiger partial charge >= 0.3 is 6.03 Å². The van der Waals surface area contributed by atoms with Crippen molar-refractivity contribution in [2.24, 2.45) is 11.1 Å². The highest BCUT2D eigenvalue weighted by molar-refractivity contribution is 5.97. The van der Waals surface area contributed by atoms with E-state index in [1.165, 1.54) is 0 Å². The summed E-state index contributed by atoms with van der Waals surface area (Å²) in [6.45, 7) is 7.14. The third kappa shape index (κ3) is 3.76. The maximum absolute atomic E-state index is 12.2. The first-order chi connectivity index (χ1) is 10.3. The molecule has 22 heavy (non-hydrogen) atoms. The Hall–Kier alpha value is -2.08. The summed E-state index contributed by atoms with van der Waals surface area (Å²) in [6.07, 6.45) is 0.900. The molecule has 1 aliphatic heterocycles. The summed E-state index contributed by atoms with van der Waals surface area (Å²) in [5, 5.41) is 5.63. The fourth-order valence-electron chi connectivity index (χ4n) is 2.24. The highest BCUT2D eigenvalue weighted by Gasteiger charge is 2.27. The minimum absolute atomic E-state index is 0.110. The smallest absolute Gasteiger partial charge is 0.321 e. The maximum atomic E-state index is 12.2. The molecular formula is C16H24N4O2. The number of urea groups is 1. The Morgan fingerprint density at radius 2 is 2.14 bits per heavy atom. The molecule has 1 aromatic rings. The first-order valence-corrected chi connectivity index (χ1v) is 7.51. The third-order valence-corrected chi connectivity index (χ3v) is 3.72. The van der Waals surface area contributed by atoms with E-state index in [4.69, 9.17) is 5.73 Å². The molecule has 120 valence electrons. The number of nitrogens with zero attached hydrogens (tertiary/aromatic N) is 1. The Bertz CT molecular complexity index is 566. The van der Waals surface area contributed by atoms with E-state index in [0.717, 1.165) is 12.1 Å². The van der Waals surface area contributed by atoms with Crippen LogP contribution >= 0.6 is 0 Å². The summed E-state index contributed by atoms with van der Waals surface area (Å²) >= 11 is 0. The number of carbonyl (C=O) groups excluding carboxylic acids is 2. The minimum Gasteiger partial charge on any atom is -0.338 e. The van der Waals surface area contributed by atoms with Crippen LogP contribution in [0.4, 0.5) is 16.2 Å². The van der Waals surface area contributed by atoms with Crippen molar-refractivity contribution < 1.29 is 9.59 Å². The molecule has 0 saturated carbocycles. The van der Waals surface area contributed by atoms with Crippen LogP contribution < -0.4 is 21.3 Å². The van der Waals surface area contributed by atoms with E-state index >= 15 is 0 Å². The van der Waals surface area contributed by atoms with Crippen molar-refractivity contribution in [3.05, 3.63) is 24.3 Å². The van der Waals surface area contributed by atoms with E-state index in [1.54, 1.807) is 17.0 Å². The van der Waals surface area contributed by atoms with Crippen LogP contribution in [-0.4, -0.2) is 31.1 Å². The standard InChI is InChI=1S/C16H24N4O2/c1-16(2,3)13(17)14(21)19-11-6-4-7-12(10-11)20-9-5-8-18-15(20)22/h4,6-7,10,13H,5,8-9,17H2,1-3H3,(H,18,22)(H,19,21)/t13-/m1/s1. The highest BCUT2D eigenvalue weighted by atomic mass is 16.2. The first kappa shape index (κ1) is 16.3. The molecule has 1 heterocycles. The molecule has 0 bridgehead atoms. The average Bonchev–Trinajstić information content (AvgIpc) is 2.46. The van der Waals surface area contributed by atoms with E-state index in [-0.39, 0.29) is 17.4 Å². The fourth-order valence-corrected chi connectivity index (χ4v) is 2.24. The predicted octanol–water partition coefficient (Wildman–Crippen LogP) is 1.92. The number of rotatable bonds is 3. The van der Waals surface area contributed by atoms with Gasteiger partial charge in [-0.25, -0.2) is 4.79 Å². The summed E-state index contributed by atoms with van der Waals surface area (Å²) in [5.74, 6) is -0.229. The SMILES string of the molecule is CC(C)(C)[C@H](N)C(=O)Nc1cccc(N2CCCNC2=O)c1. The van der Waals surface area contributed by atoms with Gasteiger partial charge in [0.25, 0.3) is 0 Å². The second kappa shape index (κ2) is 6.36. The van der Waals surface area contributed by atoms with Gasteiger partial charge in [-0.3, -0.25) is 9.69 Å². The van der Waals surface area contributed by atoms with Gasteiger partial charge in [0, 0.05) is 24.5 Å². The van der Waals surface area contributed by atoms with Crippen molar-refractivity contribution in [2.45, 2.75) is 33.2 Å². The Labute approximate surface area is 131 Å². The molecule has 1 aromatic carbocycles. The van der Waals surface area contributed by atoms with E-state index < -0.39 is 6.04 Å². The molecule has 0 unspecified atom stereocenters. The normalized spacial score (nSPS) is 16.9. The van der Waals surface area contributed by atoms with Gasteiger partial charge in [-0.15, -0.1) is 0 Å². The van der Waals surface area contributed by atoms with E-state index in [9.17, 15) is 9.59 Å². The first-order valence-electron chi connectivity index (χ1n) is 7.51. The molecule has 4 N–H and O–H groups in total. The average molecular weight is 304 g/mol. The molecule has 1 atom stereocenters. The lowest BCUT2D eigenvalue weighted by atomic mass is 9.87. The van der Waals surface area contributed by atoms with E-state index in [1.807, 2.05) is 32.9 Å². The van der Waals surface area contributed by atoms with Gasteiger partial charge in [0.1, 0.15) is 0 Å². The molecule has 0 spiro atoms. The van der Waals surface area contributed by atoms with Gasteiger partial charge in [-0.1, -0.05) is 26.8 Å². The molecule has 0 radical (unpaired) electrons. The molecule has 3 amide bonds. The molecule has 0 aromatic heterocycles. The summed E-state index contributed by atoms with van der Waals surface area (Å²) in [4.78, 5) is 25.7. The van der Waals surface area contributed by atoms with Crippen LogP contribution in [0.3, 0.4) is 0 Å².